The Balaban J connectivity index is 1.69. The highest BCUT2D eigenvalue weighted by molar-refractivity contribution is 5.88. The predicted molar refractivity (Wildman–Crippen MR) is 171 cm³/mol. The normalized spacial score (nSPS) is 20.3. The van der Waals surface area contributed by atoms with Gasteiger partial charge in [0, 0.05) is 43.5 Å². The number of hydrogen-bond donors (Lipinski definition) is 0. The van der Waals surface area contributed by atoms with Gasteiger partial charge in [-0.3, -0.25) is 4.99 Å². The van der Waals surface area contributed by atoms with Crippen molar-refractivity contribution in [2.24, 2.45) is 10.9 Å². The fraction of sp³-hybridized carbons (Fsp3) is 0.444. The van der Waals surface area contributed by atoms with Crippen LogP contribution >= 0.6 is 0 Å². The summed E-state index contributed by atoms with van der Waals surface area (Å²) in [5.41, 5.74) is 8.61. The number of allylic oxidation sites excluding steroid dienone is 8. The van der Waals surface area contributed by atoms with Gasteiger partial charge in [-0.15, -0.1) is 0 Å². The average Bonchev–Trinajstić information content (AvgIpc) is 3.31. The first-order valence-electron chi connectivity index (χ1n) is 15.1. The van der Waals surface area contributed by atoms with Crippen LogP contribution in [0, 0.1) is 5.92 Å². The molecule has 0 radical (unpaired) electrons. The standard InChI is InChI=1S/C36H48N2O2/c1-6-13-28(3)14-9-8-10-15-30-18-20-31(21-19-30)33-26-29(4)34(27-33)35(22-23-37-5)38-24-11-16-32(17-12-25-38)36(39)40-7-2/h10,14-16,18-23,26-27,29H,6-9,11-13,17,24-25H2,1-5H3/b15-10+,28-14-,32-16-,35-22+,37-23?. The minimum atomic E-state index is -0.165. The Hall–Kier alpha value is -3.40. The van der Waals surface area contributed by atoms with Crippen LogP contribution in [0.4, 0.5) is 0 Å². The van der Waals surface area contributed by atoms with Crippen LogP contribution in [0.3, 0.4) is 0 Å². The molecule has 0 aromatic heterocycles. The van der Waals surface area contributed by atoms with E-state index in [9.17, 15) is 4.79 Å². The van der Waals surface area contributed by atoms with Crippen molar-refractivity contribution in [2.75, 3.05) is 26.7 Å². The van der Waals surface area contributed by atoms with Crippen molar-refractivity contribution in [2.45, 2.75) is 72.6 Å². The van der Waals surface area contributed by atoms with E-state index in [1.54, 1.807) is 0 Å². The lowest BCUT2D eigenvalue weighted by Crippen LogP contribution is -2.29. The molecule has 1 heterocycles. The summed E-state index contributed by atoms with van der Waals surface area (Å²) in [6.45, 7) is 10.8. The number of ether oxygens (including phenoxy) is 1. The lowest BCUT2D eigenvalue weighted by molar-refractivity contribution is -0.138. The minimum Gasteiger partial charge on any atom is -0.463 e. The molecule has 1 aromatic carbocycles. The Morgan fingerprint density at radius 3 is 2.67 bits per heavy atom. The van der Waals surface area contributed by atoms with E-state index in [1.165, 1.54) is 46.4 Å². The highest BCUT2D eigenvalue weighted by atomic mass is 16.5. The number of benzene rings is 1. The molecule has 0 spiro atoms. The summed E-state index contributed by atoms with van der Waals surface area (Å²) >= 11 is 0. The molecule has 40 heavy (non-hydrogen) atoms. The lowest BCUT2D eigenvalue weighted by Gasteiger charge is -2.31. The quantitative estimate of drug-likeness (QED) is 0.115. The number of carbonyl (C=O) groups is 1. The van der Waals surface area contributed by atoms with Crippen molar-refractivity contribution in [3.63, 3.8) is 0 Å². The molecule has 4 nitrogen and oxygen atoms in total. The highest BCUT2D eigenvalue weighted by Crippen LogP contribution is 2.36. The molecule has 1 atom stereocenters. The maximum atomic E-state index is 12.2. The first-order valence-corrected chi connectivity index (χ1v) is 15.1. The summed E-state index contributed by atoms with van der Waals surface area (Å²) in [5.74, 6) is 0.147. The molecule has 0 bridgehead atoms. The summed E-state index contributed by atoms with van der Waals surface area (Å²) in [6, 6.07) is 8.90. The van der Waals surface area contributed by atoms with Crippen molar-refractivity contribution in [1.29, 1.82) is 0 Å². The molecule has 1 aromatic rings. The SMILES string of the molecule is CCC/C(C)=C\CC/C=C/c1ccc(C2=CC(C)C(/C(=C\C=NC)N3CC/C=C(\C(=O)OCC)CCC3)=C2)cc1. The molecule has 2 aliphatic rings. The van der Waals surface area contributed by atoms with E-state index >= 15 is 0 Å². The van der Waals surface area contributed by atoms with Gasteiger partial charge in [0.2, 0.25) is 0 Å². The second-order valence-electron chi connectivity index (χ2n) is 10.7. The van der Waals surface area contributed by atoms with Crippen LogP contribution in [0.25, 0.3) is 11.6 Å². The van der Waals surface area contributed by atoms with Crippen LogP contribution in [-0.2, 0) is 9.53 Å². The van der Waals surface area contributed by atoms with Crippen molar-refractivity contribution in [3.8, 4) is 0 Å². The number of carbonyl (C=O) groups excluding carboxylic acids is 1. The van der Waals surface area contributed by atoms with Gasteiger partial charge in [0.05, 0.1) is 6.61 Å². The molecule has 0 saturated heterocycles. The second-order valence-corrected chi connectivity index (χ2v) is 10.7. The fourth-order valence-electron chi connectivity index (χ4n) is 5.37. The van der Waals surface area contributed by atoms with Gasteiger partial charge < -0.3 is 9.64 Å². The smallest absolute Gasteiger partial charge is 0.333 e. The van der Waals surface area contributed by atoms with E-state index in [1.807, 2.05) is 20.2 Å². The van der Waals surface area contributed by atoms with Gasteiger partial charge in [0.15, 0.2) is 0 Å². The number of rotatable bonds is 12. The third-order valence-electron chi connectivity index (χ3n) is 7.48. The summed E-state index contributed by atoms with van der Waals surface area (Å²) in [5, 5.41) is 0. The molecular formula is C36H48N2O2. The fourth-order valence-corrected chi connectivity index (χ4v) is 5.37. The number of unbranched alkanes of at least 4 members (excludes halogenated alkanes) is 1. The van der Waals surface area contributed by atoms with Gasteiger partial charge in [0.1, 0.15) is 0 Å². The molecule has 3 rings (SSSR count). The third-order valence-corrected chi connectivity index (χ3v) is 7.48. The minimum absolute atomic E-state index is 0.165. The number of esters is 1. The van der Waals surface area contributed by atoms with Crippen molar-refractivity contribution in [1.82, 2.24) is 4.90 Å². The second kappa shape index (κ2) is 16.6. The van der Waals surface area contributed by atoms with Crippen LogP contribution in [0.15, 0.2) is 88.1 Å². The van der Waals surface area contributed by atoms with Crippen LogP contribution in [0.2, 0.25) is 0 Å². The molecule has 1 aliphatic carbocycles. The number of aliphatic imine (C=N–C) groups is 1. The monoisotopic (exact) mass is 540 g/mol. The maximum Gasteiger partial charge on any atom is 0.333 e. The van der Waals surface area contributed by atoms with Crippen molar-refractivity contribution >= 4 is 23.8 Å². The third kappa shape index (κ3) is 9.36. The van der Waals surface area contributed by atoms with Gasteiger partial charge in [-0.25, -0.2) is 4.79 Å². The largest absolute Gasteiger partial charge is 0.463 e. The van der Waals surface area contributed by atoms with Crippen LogP contribution in [0.5, 0.6) is 0 Å². The Bertz CT molecular complexity index is 1190. The summed E-state index contributed by atoms with van der Waals surface area (Å²) in [7, 11) is 1.81. The summed E-state index contributed by atoms with van der Waals surface area (Å²) in [6.07, 6.45) is 24.8. The van der Waals surface area contributed by atoms with Crippen molar-refractivity contribution in [3.05, 3.63) is 94.3 Å². The first-order chi connectivity index (χ1) is 19.5. The molecular weight excluding hydrogens is 492 g/mol. The highest BCUT2D eigenvalue weighted by Gasteiger charge is 2.24. The van der Waals surface area contributed by atoms with Crippen LogP contribution < -0.4 is 0 Å². The van der Waals surface area contributed by atoms with Crippen LogP contribution in [-0.4, -0.2) is 43.8 Å². The Morgan fingerprint density at radius 2 is 1.95 bits per heavy atom. The molecule has 0 fully saturated rings. The number of hydrogen-bond acceptors (Lipinski definition) is 4. The van der Waals surface area contributed by atoms with Gasteiger partial charge in [-0.2, -0.15) is 0 Å². The maximum absolute atomic E-state index is 12.2. The van der Waals surface area contributed by atoms with Gasteiger partial charge in [0.25, 0.3) is 0 Å². The lowest BCUT2D eigenvalue weighted by atomic mass is 9.99. The van der Waals surface area contributed by atoms with E-state index in [4.69, 9.17) is 4.74 Å². The van der Waals surface area contributed by atoms with E-state index in [0.717, 1.165) is 50.8 Å². The molecule has 214 valence electrons. The predicted octanol–water partition coefficient (Wildman–Crippen LogP) is 8.75. The van der Waals surface area contributed by atoms with Crippen molar-refractivity contribution < 1.29 is 9.53 Å². The molecule has 0 N–H and O–H groups in total. The van der Waals surface area contributed by atoms with Gasteiger partial charge in [-0.1, -0.05) is 80.5 Å². The van der Waals surface area contributed by atoms with E-state index in [0.29, 0.717) is 12.5 Å². The summed E-state index contributed by atoms with van der Waals surface area (Å²) in [4.78, 5) is 18.9. The zero-order valence-corrected chi connectivity index (χ0v) is 25.3. The van der Waals surface area contributed by atoms with Gasteiger partial charge in [-0.05, 0) is 86.8 Å². The van der Waals surface area contributed by atoms with E-state index in [-0.39, 0.29) is 5.97 Å². The topological polar surface area (TPSA) is 41.9 Å². The first kappa shape index (κ1) is 31.1. The van der Waals surface area contributed by atoms with E-state index < -0.39 is 0 Å². The molecule has 1 aliphatic heterocycles. The van der Waals surface area contributed by atoms with Gasteiger partial charge >= 0.3 is 5.97 Å². The van der Waals surface area contributed by atoms with E-state index in [2.05, 4.69) is 97.5 Å². The Morgan fingerprint density at radius 1 is 1.15 bits per heavy atom. The number of nitrogens with zero attached hydrogens (tertiary/aromatic N) is 2. The molecule has 0 saturated carbocycles. The zero-order valence-electron chi connectivity index (χ0n) is 25.3. The molecule has 1 unspecified atom stereocenters. The molecule has 4 heteroatoms. The zero-order chi connectivity index (χ0) is 28.7. The summed E-state index contributed by atoms with van der Waals surface area (Å²) < 4.78 is 5.23. The Labute approximate surface area is 242 Å². The molecule has 0 amide bonds. The average molecular weight is 541 g/mol. The Kier molecular flexibility index (Phi) is 13.0. The van der Waals surface area contributed by atoms with Crippen LogP contribution in [0.1, 0.15) is 83.8 Å².